The Morgan fingerprint density at radius 2 is 2.14 bits per heavy atom. The minimum absolute atomic E-state index is 0.0357. The molecule has 1 N–H and O–H groups in total. The normalized spacial score (nSPS) is 14.1. The van der Waals surface area contributed by atoms with Crippen molar-refractivity contribution in [2.75, 3.05) is 6.54 Å². The minimum Gasteiger partial charge on any atom is -0.352 e. The van der Waals surface area contributed by atoms with Crippen LogP contribution in [0.15, 0.2) is 34.5 Å². The highest BCUT2D eigenvalue weighted by Crippen LogP contribution is 2.28. The first-order valence-electron chi connectivity index (χ1n) is 7.13. The molecule has 1 aliphatic carbocycles. The fourth-order valence-electron chi connectivity index (χ4n) is 2.00. The van der Waals surface area contributed by atoms with Crippen molar-refractivity contribution in [3.05, 3.63) is 45.9 Å². The lowest BCUT2D eigenvalue weighted by Crippen LogP contribution is -2.25. The summed E-state index contributed by atoms with van der Waals surface area (Å²) in [6, 6.07) is 7.82. The number of hydrogen-bond donors (Lipinski definition) is 1. The number of aromatic nitrogens is 1. The lowest BCUT2D eigenvalue weighted by Gasteiger charge is -2.05. The third-order valence-electron chi connectivity index (χ3n) is 3.42. The van der Waals surface area contributed by atoms with Gasteiger partial charge in [0.25, 0.3) is 5.91 Å². The van der Waals surface area contributed by atoms with Gasteiger partial charge in [0.15, 0.2) is 0 Å². The fourth-order valence-corrected chi connectivity index (χ4v) is 3.50. The maximum Gasteiger partial charge on any atom is 0.251 e. The van der Waals surface area contributed by atoms with E-state index in [9.17, 15) is 4.79 Å². The van der Waals surface area contributed by atoms with Crippen LogP contribution < -0.4 is 5.32 Å². The molecule has 0 aliphatic heterocycles. The van der Waals surface area contributed by atoms with Crippen LogP contribution >= 0.6 is 23.1 Å². The van der Waals surface area contributed by atoms with E-state index in [0.717, 1.165) is 28.6 Å². The smallest absolute Gasteiger partial charge is 0.251 e. The van der Waals surface area contributed by atoms with Crippen LogP contribution in [-0.4, -0.2) is 17.4 Å². The van der Waals surface area contributed by atoms with Crippen molar-refractivity contribution in [3.8, 4) is 0 Å². The number of carbonyl (C=O) groups excluding carboxylic acids is 1. The Balaban J connectivity index is 1.51. The van der Waals surface area contributed by atoms with Crippen LogP contribution in [0.25, 0.3) is 0 Å². The number of rotatable bonds is 6. The topological polar surface area (TPSA) is 42.0 Å². The van der Waals surface area contributed by atoms with E-state index in [0.29, 0.717) is 5.92 Å². The Bertz CT molecular complexity index is 617. The quantitative estimate of drug-likeness (QED) is 0.822. The van der Waals surface area contributed by atoms with E-state index in [1.165, 1.54) is 17.7 Å². The number of thioether (sulfide) groups is 1. The number of thiazole rings is 1. The molecule has 1 aromatic heterocycles. The lowest BCUT2D eigenvalue weighted by atomic mass is 10.2. The predicted molar refractivity (Wildman–Crippen MR) is 87.9 cm³/mol. The zero-order valence-corrected chi connectivity index (χ0v) is 13.6. The highest BCUT2D eigenvalue weighted by Gasteiger charge is 2.21. The molecule has 0 unspecified atom stereocenters. The molecule has 1 saturated carbocycles. The second kappa shape index (κ2) is 6.62. The highest BCUT2D eigenvalue weighted by atomic mass is 32.2. The Hall–Kier alpha value is -1.33. The maximum atomic E-state index is 11.9. The van der Waals surface area contributed by atoms with Gasteiger partial charge >= 0.3 is 0 Å². The summed E-state index contributed by atoms with van der Waals surface area (Å²) in [5.74, 6) is 1.62. The van der Waals surface area contributed by atoms with E-state index in [1.54, 1.807) is 23.1 Å². The number of nitrogens with zero attached hydrogens (tertiary/aromatic N) is 1. The van der Waals surface area contributed by atoms with Gasteiger partial charge in [-0.2, -0.15) is 0 Å². The third kappa shape index (κ3) is 4.32. The lowest BCUT2D eigenvalue weighted by molar-refractivity contribution is 0.0951. The SMILES string of the molecule is Cc1nc(CSc2ccc(C(=O)NCC3CC3)cc2)cs1. The number of nitrogens with one attached hydrogen (secondary N) is 1. The molecule has 1 amide bonds. The molecule has 1 heterocycles. The van der Waals surface area contributed by atoms with Crippen LogP contribution in [0.1, 0.15) is 33.9 Å². The molecule has 21 heavy (non-hydrogen) atoms. The molecule has 0 atom stereocenters. The molecule has 0 spiro atoms. The predicted octanol–water partition coefficient (Wildman–Crippen LogP) is 3.88. The van der Waals surface area contributed by atoms with Gasteiger partial charge in [0.1, 0.15) is 0 Å². The molecule has 5 heteroatoms. The van der Waals surface area contributed by atoms with Gasteiger partial charge in [-0.25, -0.2) is 4.98 Å². The average molecular weight is 318 g/mol. The number of benzene rings is 1. The maximum absolute atomic E-state index is 11.9. The summed E-state index contributed by atoms with van der Waals surface area (Å²) in [5.41, 5.74) is 1.86. The molecule has 0 saturated heterocycles. The summed E-state index contributed by atoms with van der Waals surface area (Å²) in [5, 5.41) is 6.19. The second-order valence-corrected chi connectivity index (χ2v) is 7.44. The molecule has 2 aromatic rings. The van der Waals surface area contributed by atoms with Gasteiger partial charge in [-0.15, -0.1) is 23.1 Å². The van der Waals surface area contributed by atoms with Gasteiger partial charge in [-0.1, -0.05) is 0 Å². The molecular weight excluding hydrogens is 300 g/mol. The molecule has 3 nitrogen and oxygen atoms in total. The summed E-state index contributed by atoms with van der Waals surface area (Å²) in [6.07, 6.45) is 2.51. The summed E-state index contributed by atoms with van der Waals surface area (Å²) in [7, 11) is 0. The van der Waals surface area contributed by atoms with Crippen LogP contribution in [0, 0.1) is 12.8 Å². The Morgan fingerprint density at radius 3 is 2.76 bits per heavy atom. The standard InChI is InChI=1S/C16H18N2OS2/c1-11-18-14(9-20-11)10-21-15-6-4-13(5-7-15)16(19)17-8-12-2-3-12/h4-7,9,12H,2-3,8,10H2,1H3,(H,17,19). The van der Waals surface area contributed by atoms with Crippen LogP contribution in [-0.2, 0) is 5.75 Å². The van der Waals surface area contributed by atoms with Gasteiger partial charge in [-0.3, -0.25) is 4.79 Å². The number of amides is 1. The van der Waals surface area contributed by atoms with Crippen molar-refractivity contribution in [2.45, 2.75) is 30.4 Å². The number of aryl methyl sites for hydroxylation is 1. The van der Waals surface area contributed by atoms with E-state index < -0.39 is 0 Å². The van der Waals surface area contributed by atoms with Gasteiger partial charge in [0.2, 0.25) is 0 Å². The summed E-state index contributed by atoms with van der Waals surface area (Å²) < 4.78 is 0. The van der Waals surface area contributed by atoms with Crippen LogP contribution in [0.5, 0.6) is 0 Å². The monoisotopic (exact) mass is 318 g/mol. The molecule has 110 valence electrons. The first-order chi connectivity index (χ1) is 10.2. The molecule has 3 rings (SSSR count). The van der Waals surface area contributed by atoms with Crippen molar-refractivity contribution >= 4 is 29.0 Å². The molecule has 1 fully saturated rings. The summed E-state index contributed by atoms with van der Waals surface area (Å²) in [4.78, 5) is 17.6. The van der Waals surface area contributed by atoms with Crippen LogP contribution in [0.2, 0.25) is 0 Å². The Labute approximate surface area is 133 Å². The Kier molecular flexibility index (Phi) is 4.60. The molecule has 0 radical (unpaired) electrons. The number of hydrogen-bond acceptors (Lipinski definition) is 4. The Morgan fingerprint density at radius 1 is 1.38 bits per heavy atom. The summed E-state index contributed by atoms with van der Waals surface area (Å²) >= 11 is 3.43. The van der Waals surface area contributed by atoms with E-state index in [1.807, 2.05) is 31.2 Å². The zero-order valence-electron chi connectivity index (χ0n) is 12.0. The number of carbonyl (C=O) groups is 1. The average Bonchev–Trinajstić information content (AvgIpc) is 3.24. The first kappa shape index (κ1) is 14.6. The van der Waals surface area contributed by atoms with Gasteiger partial charge in [0.05, 0.1) is 10.7 Å². The van der Waals surface area contributed by atoms with Crippen molar-refractivity contribution < 1.29 is 4.79 Å². The third-order valence-corrected chi connectivity index (χ3v) is 5.29. The largest absolute Gasteiger partial charge is 0.352 e. The van der Waals surface area contributed by atoms with Gasteiger partial charge in [0, 0.05) is 28.1 Å². The van der Waals surface area contributed by atoms with Gasteiger partial charge in [-0.05, 0) is 49.9 Å². The fraction of sp³-hybridized carbons (Fsp3) is 0.375. The van der Waals surface area contributed by atoms with Gasteiger partial charge < -0.3 is 5.32 Å². The van der Waals surface area contributed by atoms with Crippen LogP contribution in [0.3, 0.4) is 0 Å². The second-order valence-electron chi connectivity index (χ2n) is 5.32. The molecule has 1 aliphatic rings. The molecule has 1 aromatic carbocycles. The van der Waals surface area contributed by atoms with Crippen molar-refractivity contribution in [1.82, 2.24) is 10.3 Å². The molecule has 0 bridgehead atoms. The van der Waals surface area contributed by atoms with Crippen molar-refractivity contribution in [3.63, 3.8) is 0 Å². The van der Waals surface area contributed by atoms with Crippen molar-refractivity contribution in [2.24, 2.45) is 5.92 Å². The zero-order chi connectivity index (χ0) is 14.7. The van der Waals surface area contributed by atoms with E-state index in [4.69, 9.17) is 0 Å². The summed E-state index contributed by atoms with van der Waals surface area (Å²) in [6.45, 7) is 2.84. The van der Waals surface area contributed by atoms with E-state index in [-0.39, 0.29) is 5.91 Å². The highest BCUT2D eigenvalue weighted by molar-refractivity contribution is 7.98. The molecular formula is C16H18N2OS2. The van der Waals surface area contributed by atoms with E-state index >= 15 is 0 Å². The minimum atomic E-state index is 0.0357. The van der Waals surface area contributed by atoms with Crippen LogP contribution in [0.4, 0.5) is 0 Å². The van der Waals surface area contributed by atoms with Crippen molar-refractivity contribution in [1.29, 1.82) is 0 Å². The first-order valence-corrected chi connectivity index (χ1v) is 8.99. The van der Waals surface area contributed by atoms with E-state index in [2.05, 4.69) is 15.7 Å².